The molecule has 0 aliphatic carbocycles. The molecular weight excluding hydrogens is 366 g/mol. The maximum absolute atomic E-state index is 6.00. The number of benzene rings is 1. The molecule has 0 bridgehead atoms. The standard InChI is InChI=1S/C22H27N5O2/c1-3-28-21-15-23-25-20-14-18(5-6-19(20)21)29-13-10-17-8-11-27(12-9-17)22-7-4-16(2)24-26-22/h4-7,14-15,17H,3,8-13H2,1-2H3. The number of piperidine rings is 1. The lowest BCUT2D eigenvalue weighted by atomic mass is 9.94. The van der Waals surface area contributed by atoms with Crippen LogP contribution in [0.25, 0.3) is 10.9 Å². The molecule has 1 fully saturated rings. The van der Waals surface area contributed by atoms with Gasteiger partial charge in [-0.3, -0.25) is 0 Å². The monoisotopic (exact) mass is 393 g/mol. The summed E-state index contributed by atoms with van der Waals surface area (Å²) < 4.78 is 11.6. The van der Waals surface area contributed by atoms with Crippen LogP contribution < -0.4 is 14.4 Å². The molecule has 29 heavy (non-hydrogen) atoms. The van der Waals surface area contributed by atoms with Gasteiger partial charge in [0.05, 0.1) is 25.1 Å². The van der Waals surface area contributed by atoms with Gasteiger partial charge in [0.15, 0.2) is 5.82 Å². The average Bonchev–Trinajstić information content (AvgIpc) is 2.75. The molecule has 0 amide bonds. The van der Waals surface area contributed by atoms with Gasteiger partial charge in [0.25, 0.3) is 0 Å². The first-order chi connectivity index (χ1) is 14.2. The molecule has 0 N–H and O–H groups in total. The number of aryl methyl sites for hydroxylation is 1. The van der Waals surface area contributed by atoms with Crippen LogP contribution in [0.1, 0.15) is 31.9 Å². The van der Waals surface area contributed by atoms with Crippen LogP contribution in [-0.2, 0) is 0 Å². The van der Waals surface area contributed by atoms with Crippen LogP contribution in [0.2, 0.25) is 0 Å². The van der Waals surface area contributed by atoms with Gasteiger partial charge >= 0.3 is 0 Å². The molecule has 0 saturated carbocycles. The SMILES string of the molecule is CCOc1cnnc2cc(OCCC3CCN(c4ccc(C)nn4)CC3)ccc12. The Morgan fingerprint density at radius 3 is 2.66 bits per heavy atom. The lowest BCUT2D eigenvalue weighted by molar-refractivity contribution is 0.258. The Balaban J connectivity index is 1.27. The normalized spacial score (nSPS) is 14.9. The molecule has 1 aliphatic heterocycles. The molecule has 7 nitrogen and oxygen atoms in total. The largest absolute Gasteiger partial charge is 0.494 e. The van der Waals surface area contributed by atoms with E-state index in [1.165, 1.54) is 0 Å². The van der Waals surface area contributed by atoms with E-state index in [0.717, 1.165) is 66.3 Å². The van der Waals surface area contributed by atoms with Crippen molar-refractivity contribution in [3.05, 3.63) is 42.2 Å². The summed E-state index contributed by atoms with van der Waals surface area (Å²) in [7, 11) is 0. The van der Waals surface area contributed by atoms with E-state index in [9.17, 15) is 0 Å². The van der Waals surface area contributed by atoms with E-state index in [2.05, 4.69) is 31.4 Å². The Kier molecular flexibility index (Phi) is 6.03. The number of anilines is 1. The molecule has 1 aromatic carbocycles. The minimum Gasteiger partial charge on any atom is -0.494 e. The van der Waals surface area contributed by atoms with Crippen molar-refractivity contribution in [3.63, 3.8) is 0 Å². The van der Waals surface area contributed by atoms with Gasteiger partial charge in [0.1, 0.15) is 17.0 Å². The number of fused-ring (bicyclic) bond motifs is 1. The third-order valence-corrected chi connectivity index (χ3v) is 5.39. The minimum atomic E-state index is 0.606. The van der Waals surface area contributed by atoms with Crippen LogP contribution >= 0.6 is 0 Å². The van der Waals surface area contributed by atoms with Crippen molar-refractivity contribution in [2.45, 2.75) is 33.1 Å². The van der Waals surface area contributed by atoms with E-state index in [-0.39, 0.29) is 0 Å². The van der Waals surface area contributed by atoms with E-state index in [4.69, 9.17) is 9.47 Å². The summed E-state index contributed by atoms with van der Waals surface area (Å²) in [5.74, 6) is 3.24. The minimum absolute atomic E-state index is 0.606. The maximum atomic E-state index is 6.00. The van der Waals surface area contributed by atoms with Crippen LogP contribution in [0.5, 0.6) is 11.5 Å². The molecule has 152 valence electrons. The van der Waals surface area contributed by atoms with E-state index in [1.54, 1.807) is 6.20 Å². The first kappa shape index (κ1) is 19.4. The molecule has 1 aliphatic rings. The highest BCUT2D eigenvalue weighted by Gasteiger charge is 2.20. The van der Waals surface area contributed by atoms with Crippen LogP contribution in [0.3, 0.4) is 0 Å². The Labute approximate surface area is 171 Å². The van der Waals surface area contributed by atoms with Crippen LogP contribution in [0.4, 0.5) is 5.82 Å². The smallest absolute Gasteiger partial charge is 0.151 e. The fraction of sp³-hybridized carbons (Fsp3) is 0.455. The van der Waals surface area contributed by atoms with E-state index < -0.39 is 0 Å². The fourth-order valence-electron chi connectivity index (χ4n) is 3.73. The molecule has 3 heterocycles. The van der Waals surface area contributed by atoms with E-state index in [1.807, 2.05) is 38.1 Å². The zero-order valence-electron chi connectivity index (χ0n) is 17.0. The molecule has 7 heteroatoms. The second kappa shape index (κ2) is 9.03. The van der Waals surface area contributed by atoms with Crippen molar-refractivity contribution in [2.24, 2.45) is 5.92 Å². The zero-order chi connectivity index (χ0) is 20.1. The predicted octanol–water partition coefficient (Wildman–Crippen LogP) is 3.81. The summed E-state index contributed by atoms with van der Waals surface area (Å²) in [5.41, 5.74) is 1.75. The number of hydrogen-bond donors (Lipinski definition) is 0. The summed E-state index contributed by atoms with van der Waals surface area (Å²) >= 11 is 0. The van der Waals surface area contributed by atoms with Gasteiger partial charge in [-0.15, -0.1) is 5.10 Å². The maximum Gasteiger partial charge on any atom is 0.151 e. The lowest BCUT2D eigenvalue weighted by Gasteiger charge is -2.32. The molecule has 3 aromatic rings. The highest BCUT2D eigenvalue weighted by atomic mass is 16.5. The molecule has 1 saturated heterocycles. The van der Waals surface area contributed by atoms with Crippen molar-refractivity contribution >= 4 is 16.7 Å². The van der Waals surface area contributed by atoms with E-state index >= 15 is 0 Å². The van der Waals surface area contributed by atoms with Crippen LogP contribution in [-0.4, -0.2) is 46.7 Å². The second-order valence-corrected chi connectivity index (χ2v) is 7.42. The zero-order valence-corrected chi connectivity index (χ0v) is 17.0. The van der Waals surface area contributed by atoms with Crippen molar-refractivity contribution in [1.82, 2.24) is 20.4 Å². The summed E-state index contributed by atoms with van der Waals surface area (Å²) in [6.45, 7) is 7.28. The number of aromatic nitrogens is 4. The van der Waals surface area contributed by atoms with Crippen LogP contribution in [0.15, 0.2) is 36.5 Å². The Morgan fingerprint density at radius 1 is 1.03 bits per heavy atom. The quantitative estimate of drug-likeness (QED) is 0.604. The highest BCUT2D eigenvalue weighted by molar-refractivity contribution is 5.85. The van der Waals surface area contributed by atoms with Gasteiger partial charge in [-0.05, 0) is 63.3 Å². The van der Waals surface area contributed by atoms with Gasteiger partial charge in [0, 0.05) is 24.5 Å². The summed E-state index contributed by atoms with van der Waals surface area (Å²) in [4.78, 5) is 2.32. The third-order valence-electron chi connectivity index (χ3n) is 5.39. The summed E-state index contributed by atoms with van der Waals surface area (Å²) in [6.07, 6.45) is 5.01. The number of rotatable bonds is 7. The number of ether oxygens (including phenoxy) is 2. The molecule has 2 aromatic heterocycles. The molecular formula is C22H27N5O2. The van der Waals surface area contributed by atoms with Crippen LogP contribution in [0, 0.1) is 12.8 Å². The molecule has 4 rings (SSSR count). The van der Waals surface area contributed by atoms with Gasteiger partial charge in [0.2, 0.25) is 0 Å². The second-order valence-electron chi connectivity index (χ2n) is 7.42. The Hall–Kier alpha value is -2.96. The van der Waals surface area contributed by atoms with Gasteiger partial charge in [-0.2, -0.15) is 15.3 Å². The molecule has 0 radical (unpaired) electrons. The highest BCUT2D eigenvalue weighted by Crippen LogP contribution is 2.27. The number of hydrogen-bond acceptors (Lipinski definition) is 7. The van der Waals surface area contributed by atoms with Gasteiger partial charge in [-0.25, -0.2) is 0 Å². The fourth-order valence-corrected chi connectivity index (χ4v) is 3.73. The van der Waals surface area contributed by atoms with Crippen molar-refractivity contribution in [1.29, 1.82) is 0 Å². The number of nitrogens with zero attached hydrogens (tertiary/aromatic N) is 5. The Bertz CT molecular complexity index is 940. The predicted molar refractivity (Wildman–Crippen MR) is 113 cm³/mol. The van der Waals surface area contributed by atoms with E-state index in [0.29, 0.717) is 19.1 Å². The van der Waals surface area contributed by atoms with Gasteiger partial charge < -0.3 is 14.4 Å². The first-order valence-corrected chi connectivity index (χ1v) is 10.3. The first-order valence-electron chi connectivity index (χ1n) is 10.3. The molecule has 0 atom stereocenters. The van der Waals surface area contributed by atoms with Gasteiger partial charge in [-0.1, -0.05) is 0 Å². The topological polar surface area (TPSA) is 73.3 Å². The average molecular weight is 393 g/mol. The van der Waals surface area contributed by atoms with Crippen molar-refractivity contribution in [2.75, 3.05) is 31.2 Å². The third kappa shape index (κ3) is 4.72. The Morgan fingerprint density at radius 2 is 1.90 bits per heavy atom. The summed E-state index contributed by atoms with van der Waals surface area (Å²) in [5, 5.41) is 17.6. The van der Waals surface area contributed by atoms with Crippen molar-refractivity contribution < 1.29 is 9.47 Å². The lowest BCUT2D eigenvalue weighted by Crippen LogP contribution is -2.34. The van der Waals surface area contributed by atoms with Crippen molar-refractivity contribution in [3.8, 4) is 11.5 Å². The molecule has 0 spiro atoms. The summed E-state index contributed by atoms with van der Waals surface area (Å²) in [6, 6.07) is 9.99. The molecule has 0 unspecified atom stereocenters.